The molecule has 1 amide bonds. The molecule has 0 aliphatic heterocycles. The Balaban J connectivity index is 1.80. The fourth-order valence-electron chi connectivity index (χ4n) is 2.51. The first-order valence-electron chi connectivity index (χ1n) is 6.86. The van der Waals surface area contributed by atoms with Gasteiger partial charge >= 0.3 is 0 Å². The van der Waals surface area contributed by atoms with Crippen LogP contribution < -0.4 is 11.1 Å². The predicted octanol–water partition coefficient (Wildman–Crippen LogP) is 3.05. The molecule has 0 aromatic carbocycles. The first-order valence-corrected chi connectivity index (χ1v) is 7.74. The number of hydrogen-bond acceptors (Lipinski definition) is 3. The van der Waals surface area contributed by atoms with E-state index in [-0.39, 0.29) is 5.91 Å². The Bertz CT molecular complexity index is 381. The second kappa shape index (κ2) is 6.90. The zero-order valence-corrected chi connectivity index (χ0v) is 11.6. The Kier molecular flexibility index (Phi) is 5.20. The average molecular weight is 266 g/mol. The maximum Gasteiger partial charge on any atom is 0.249 e. The summed E-state index contributed by atoms with van der Waals surface area (Å²) in [5, 5.41) is 5.46. The minimum atomic E-state index is -0.330. The standard InChI is InChI=1S/C14H22N2OS/c15-14(17)11-8-13(18-10-11)9-16-12-6-4-2-1-3-5-7-12/h8,10,12,16H,1-7,9H2,(H2,15,17). The molecule has 0 bridgehead atoms. The van der Waals surface area contributed by atoms with Crippen molar-refractivity contribution in [1.29, 1.82) is 0 Å². The van der Waals surface area contributed by atoms with E-state index >= 15 is 0 Å². The molecule has 0 unspecified atom stereocenters. The molecule has 1 aliphatic carbocycles. The third-order valence-corrected chi connectivity index (χ3v) is 4.55. The van der Waals surface area contributed by atoms with Crippen LogP contribution in [0.4, 0.5) is 0 Å². The molecule has 18 heavy (non-hydrogen) atoms. The molecule has 1 aromatic heterocycles. The molecule has 3 nitrogen and oxygen atoms in total. The van der Waals surface area contributed by atoms with E-state index in [1.165, 1.54) is 49.8 Å². The predicted molar refractivity (Wildman–Crippen MR) is 75.8 cm³/mol. The van der Waals surface area contributed by atoms with Gasteiger partial charge < -0.3 is 11.1 Å². The summed E-state index contributed by atoms with van der Waals surface area (Å²) in [7, 11) is 0. The molecule has 2 rings (SSSR count). The lowest BCUT2D eigenvalue weighted by molar-refractivity contribution is 0.100. The number of primary amides is 1. The highest BCUT2D eigenvalue weighted by molar-refractivity contribution is 7.10. The highest BCUT2D eigenvalue weighted by Crippen LogP contribution is 2.19. The Morgan fingerprint density at radius 3 is 2.56 bits per heavy atom. The number of nitrogens with two attached hydrogens (primary N) is 1. The smallest absolute Gasteiger partial charge is 0.249 e. The van der Waals surface area contributed by atoms with Crippen LogP contribution in [0.15, 0.2) is 11.4 Å². The van der Waals surface area contributed by atoms with Crippen molar-refractivity contribution in [3.05, 3.63) is 21.9 Å². The minimum absolute atomic E-state index is 0.330. The quantitative estimate of drug-likeness (QED) is 0.880. The number of carbonyl (C=O) groups is 1. The molecule has 0 atom stereocenters. The van der Waals surface area contributed by atoms with E-state index in [1.807, 2.05) is 11.4 Å². The lowest BCUT2D eigenvalue weighted by Crippen LogP contribution is -2.28. The van der Waals surface area contributed by atoms with Gasteiger partial charge in [-0.2, -0.15) is 0 Å². The van der Waals surface area contributed by atoms with Gasteiger partial charge in [0.1, 0.15) is 0 Å². The summed E-state index contributed by atoms with van der Waals surface area (Å²) in [4.78, 5) is 12.2. The van der Waals surface area contributed by atoms with Gasteiger partial charge in [0.25, 0.3) is 0 Å². The Hall–Kier alpha value is -0.870. The van der Waals surface area contributed by atoms with Crippen LogP contribution >= 0.6 is 11.3 Å². The SMILES string of the molecule is NC(=O)c1csc(CNC2CCCCCCC2)c1. The fraction of sp³-hybridized carbons (Fsp3) is 0.643. The van der Waals surface area contributed by atoms with Crippen LogP contribution in [0.2, 0.25) is 0 Å². The first-order chi connectivity index (χ1) is 8.75. The summed E-state index contributed by atoms with van der Waals surface area (Å²) in [6, 6.07) is 2.55. The van der Waals surface area contributed by atoms with Crippen molar-refractivity contribution in [2.24, 2.45) is 5.73 Å². The molecule has 1 fully saturated rings. The van der Waals surface area contributed by atoms with Crippen LogP contribution in [0, 0.1) is 0 Å². The lowest BCUT2D eigenvalue weighted by atomic mass is 9.97. The largest absolute Gasteiger partial charge is 0.366 e. The van der Waals surface area contributed by atoms with E-state index in [4.69, 9.17) is 5.73 Å². The monoisotopic (exact) mass is 266 g/mol. The van der Waals surface area contributed by atoms with Gasteiger partial charge in [0.05, 0.1) is 5.56 Å². The number of thiophene rings is 1. The Labute approximate surface area is 113 Å². The van der Waals surface area contributed by atoms with Crippen molar-refractivity contribution < 1.29 is 4.79 Å². The summed E-state index contributed by atoms with van der Waals surface area (Å²) in [5.41, 5.74) is 5.89. The lowest BCUT2D eigenvalue weighted by Gasteiger charge is -2.20. The Morgan fingerprint density at radius 2 is 1.94 bits per heavy atom. The van der Waals surface area contributed by atoms with Crippen LogP contribution in [0.5, 0.6) is 0 Å². The number of carbonyl (C=O) groups excluding carboxylic acids is 1. The van der Waals surface area contributed by atoms with Gasteiger partial charge in [-0.3, -0.25) is 4.79 Å². The zero-order valence-electron chi connectivity index (χ0n) is 10.8. The van der Waals surface area contributed by atoms with Gasteiger partial charge in [-0.15, -0.1) is 11.3 Å². The minimum Gasteiger partial charge on any atom is -0.366 e. The molecule has 1 aliphatic rings. The molecule has 0 saturated heterocycles. The molecule has 1 aromatic rings. The topological polar surface area (TPSA) is 55.1 Å². The summed E-state index contributed by atoms with van der Waals surface area (Å²) in [6.45, 7) is 0.864. The first kappa shape index (κ1) is 13.6. The second-order valence-corrected chi connectivity index (χ2v) is 6.08. The van der Waals surface area contributed by atoms with Crippen molar-refractivity contribution in [2.75, 3.05) is 0 Å². The van der Waals surface area contributed by atoms with Gasteiger partial charge in [0.2, 0.25) is 5.91 Å². The van der Waals surface area contributed by atoms with Gasteiger partial charge in [0.15, 0.2) is 0 Å². The third kappa shape index (κ3) is 4.10. The van der Waals surface area contributed by atoms with Crippen molar-refractivity contribution in [1.82, 2.24) is 5.32 Å². The van der Waals surface area contributed by atoms with Crippen LogP contribution in [-0.4, -0.2) is 11.9 Å². The number of amides is 1. The summed E-state index contributed by atoms with van der Waals surface area (Å²) in [6.07, 6.45) is 9.41. The Morgan fingerprint density at radius 1 is 1.28 bits per heavy atom. The van der Waals surface area contributed by atoms with Crippen LogP contribution in [-0.2, 0) is 6.54 Å². The van der Waals surface area contributed by atoms with Gasteiger partial charge in [-0.1, -0.05) is 32.1 Å². The van der Waals surface area contributed by atoms with Crippen molar-refractivity contribution in [2.45, 2.75) is 57.5 Å². The van der Waals surface area contributed by atoms with E-state index in [0.717, 1.165) is 6.54 Å². The average Bonchev–Trinajstić information content (AvgIpc) is 2.76. The zero-order chi connectivity index (χ0) is 12.8. The number of rotatable bonds is 4. The molecule has 1 heterocycles. The summed E-state index contributed by atoms with van der Waals surface area (Å²) >= 11 is 1.61. The maximum atomic E-state index is 11.0. The second-order valence-electron chi connectivity index (χ2n) is 5.09. The highest BCUT2D eigenvalue weighted by atomic mass is 32.1. The number of nitrogens with one attached hydrogen (secondary N) is 1. The van der Waals surface area contributed by atoms with E-state index in [9.17, 15) is 4.79 Å². The van der Waals surface area contributed by atoms with Crippen LogP contribution in [0.3, 0.4) is 0 Å². The van der Waals surface area contributed by atoms with E-state index in [2.05, 4.69) is 5.32 Å². The third-order valence-electron chi connectivity index (χ3n) is 3.61. The molecule has 100 valence electrons. The van der Waals surface area contributed by atoms with E-state index in [1.54, 1.807) is 11.3 Å². The molecular formula is C14H22N2OS. The van der Waals surface area contributed by atoms with Crippen LogP contribution in [0.1, 0.15) is 60.2 Å². The molecular weight excluding hydrogens is 244 g/mol. The highest BCUT2D eigenvalue weighted by Gasteiger charge is 2.11. The molecule has 0 spiro atoms. The molecule has 1 saturated carbocycles. The van der Waals surface area contributed by atoms with E-state index in [0.29, 0.717) is 11.6 Å². The number of hydrogen-bond donors (Lipinski definition) is 2. The van der Waals surface area contributed by atoms with Crippen molar-refractivity contribution in [3.8, 4) is 0 Å². The normalized spacial score (nSPS) is 18.2. The molecule has 3 N–H and O–H groups in total. The van der Waals surface area contributed by atoms with Crippen molar-refractivity contribution >= 4 is 17.2 Å². The van der Waals surface area contributed by atoms with Gasteiger partial charge in [-0.05, 0) is 18.9 Å². The summed E-state index contributed by atoms with van der Waals surface area (Å²) < 4.78 is 0. The van der Waals surface area contributed by atoms with Gasteiger partial charge in [-0.25, -0.2) is 0 Å². The molecule has 4 heteroatoms. The van der Waals surface area contributed by atoms with E-state index < -0.39 is 0 Å². The fourth-order valence-corrected chi connectivity index (χ4v) is 3.33. The van der Waals surface area contributed by atoms with Crippen molar-refractivity contribution in [3.63, 3.8) is 0 Å². The molecule has 0 radical (unpaired) electrons. The van der Waals surface area contributed by atoms with Crippen LogP contribution in [0.25, 0.3) is 0 Å². The maximum absolute atomic E-state index is 11.0. The summed E-state index contributed by atoms with van der Waals surface area (Å²) in [5.74, 6) is -0.330. The van der Waals surface area contributed by atoms with Gasteiger partial charge in [0, 0.05) is 22.8 Å².